The van der Waals surface area contributed by atoms with Gasteiger partial charge in [0.2, 0.25) is 0 Å². The summed E-state index contributed by atoms with van der Waals surface area (Å²) in [5, 5.41) is 11.5. The topological polar surface area (TPSA) is 20.2 Å². The molecule has 0 aliphatic rings. The van der Waals surface area contributed by atoms with Crippen molar-refractivity contribution in [2.45, 2.75) is 13.3 Å². The monoisotopic (exact) mass is 224 g/mol. The Morgan fingerprint density at radius 2 is 2.07 bits per heavy atom. The Morgan fingerprint density at radius 3 is 2.73 bits per heavy atom. The maximum Gasteiger partial charge on any atom is 0.127 e. The number of aryl methyl sites for hydroxylation is 1. The number of phenolic OH excluding ortho intramolecular Hbond substituents is 1. The smallest absolute Gasteiger partial charge is 0.127 e. The van der Waals surface area contributed by atoms with Crippen molar-refractivity contribution in [1.29, 1.82) is 0 Å². The van der Waals surface area contributed by atoms with Gasteiger partial charge in [0.25, 0.3) is 0 Å². The van der Waals surface area contributed by atoms with Crippen molar-refractivity contribution in [3.63, 3.8) is 0 Å². The minimum Gasteiger partial charge on any atom is -0.507 e. The predicted molar refractivity (Wildman–Crippen MR) is 60.0 cm³/mol. The lowest BCUT2D eigenvalue weighted by Gasteiger charge is -2.08. The van der Waals surface area contributed by atoms with Gasteiger partial charge in [-0.15, -0.1) is 0 Å². The second-order valence-electron chi connectivity index (χ2n) is 3.40. The molecule has 0 aromatic heterocycles. The highest BCUT2D eigenvalue weighted by molar-refractivity contribution is 6.31. The van der Waals surface area contributed by atoms with Crippen LogP contribution in [0.25, 0.3) is 10.8 Å². The van der Waals surface area contributed by atoms with E-state index in [9.17, 15) is 9.50 Å². The number of rotatable bonds is 1. The third kappa shape index (κ3) is 1.65. The fourth-order valence-corrected chi connectivity index (χ4v) is 2.02. The Bertz CT molecular complexity index is 523. The van der Waals surface area contributed by atoms with Gasteiger partial charge in [0.1, 0.15) is 11.6 Å². The molecule has 0 amide bonds. The predicted octanol–water partition coefficient (Wildman–Crippen LogP) is 3.90. The Balaban J connectivity index is 2.91. The Hall–Kier alpha value is -1.28. The van der Waals surface area contributed by atoms with Gasteiger partial charge in [-0.1, -0.05) is 24.6 Å². The molecule has 2 aromatic rings. The Labute approximate surface area is 92.1 Å². The highest BCUT2D eigenvalue weighted by Gasteiger charge is 2.10. The van der Waals surface area contributed by atoms with E-state index in [0.29, 0.717) is 22.4 Å². The molecule has 1 N–H and O–H groups in total. The third-order valence-electron chi connectivity index (χ3n) is 2.47. The summed E-state index contributed by atoms with van der Waals surface area (Å²) in [6.45, 7) is 1.85. The normalized spacial score (nSPS) is 10.9. The van der Waals surface area contributed by atoms with Crippen LogP contribution in [-0.2, 0) is 6.42 Å². The summed E-state index contributed by atoms with van der Waals surface area (Å²) >= 11 is 5.81. The van der Waals surface area contributed by atoms with E-state index in [2.05, 4.69) is 0 Å². The van der Waals surface area contributed by atoms with Crippen LogP contribution in [0.4, 0.5) is 4.39 Å². The minimum atomic E-state index is -0.289. The van der Waals surface area contributed by atoms with Crippen LogP contribution in [0.15, 0.2) is 24.3 Å². The van der Waals surface area contributed by atoms with Gasteiger partial charge in [-0.25, -0.2) is 4.39 Å². The average molecular weight is 225 g/mol. The first-order valence-electron chi connectivity index (χ1n) is 4.73. The van der Waals surface area contributed by atoms with Gasteiger partial charge in [0.15, 0.2) is 0 Å². The van der Waals surface area contributed by atoms with E-state index in [-0.39, 0.29) is 11.6 Å². The number of fused-ring (bicyclic) bond motifs is 1. The maximum atomic E-state index is 13.5. The molecule has 2 rings (SSSR count). The van der Waals surface area contributed by atoms with E-state index in [0.717, 1.165) is 5.39 Å². The minimum absolute atomic E-state index is 0.0360. The van der Waals surface area contributed by atoms with Gasteiger partial charge < -0.3 is 5.11 Å². The molecular weight excluding hydrogens is 215 g/mol. The summed E-state index contributed by atoms with van der Waals surface area (Å²) in [6, 6.07) is 6.17. The van der Waals surface area contributed by atoms with Gasteiger partial charge in [0.05, 0.1) is 0 Å². The summed E-state index contributed by atoms with van der Waals surface area (Å²) in [5.74, 6) is -0.253. The van der Waals surface area contributed by atoms with Crippen LogP contribution in [0.1, 0.15) is 12.5 Å². The van der Waals surface area contributed by atoms with Crippen LogP contribution in [0.2, 0.25) is 5.02 Å². The van der Waals surface area contributed by atoms with Crippen molar-refractivity contribution in [2.75, 3.05) is 0 Å². The van der Waals surface area contributed by atoms with E-state index < -0.39 is 0 Å². The molecule has 1 nitrogen and oxygen atoms in total. The second-order valence-corrected chi connectivity index (χ2v) is 3.84. The van der Waals surface area contributed by atoms with Crippen LogP contribution in [0, 0.1) is 5.82 Å². The molecule has 0 bridgehead atoms. The Morgan fingerprint density at radius 1 is 1.33 bits per heavy atom. The molecule has 0 aliphatic heterocycles. The molecular formula is C12H10ClFO. The number of halogens is 2. The van der Waals surface area contributed by atoms with Gasteiger partial charge in [0, 0.05) is 10.4 Å². The summed E-state index contributed by atoms with van der Waals surface area (Å²) in [6.07, 6.45) is 0.540. The molecule has 0 fully saturated rings. The summed E-state index contributed by atoms with van der Waals surface area (Å²) in [5.41, 5.74) is 0.529. The van der Waals surface area contributed by atoms with E-state index >= 15 is 0 Å². The van der Waals surface area contributed by atoms with Crippen molar-refractivity contribution in [3.05, 3.63) is 40.7 Å². The van der Waals surface area contributed by atoms with E-state index in [1.54, 1.807) is 12.1 Å². The molecule has 0 saturated heterocycles. The lowest BCUT2D eigenvalue weighted by molar-refractivity contribution is 0.480. The second kappa shape index (κ2) is 3.70. The lowest BCUT2D eigenvalue weighted by Crippen LogP contribution is -1.90. The van der Waals surface area contributed by atoms with Crippen molar-refractivity contribution >= 4 is 22.4 Å². The molecule has 78 valence electrons. The molecule has 0 atom stereocenters. The molecule has 0 spiro atoms. The van der Waals surface area contributed by atoms with Gasteiger partial charge >= 0.3 is 0 Å². The standard InChI is InChI=1S/C12H10ClFO/c1-2-9-10(14)4-3-7-5-8(13)6-11(15)12(7)9/h3-6,15H,2H2,1H3. The van der Waals surface area contributed by atoms with Crippen LogP contribution in [-0.4, -0.2) is 5.11 Å². The van der Waals surface area contributed by atoms with Crippen molar-refractivity contribution in [3.8, 4) is 5.75 Å². The average Bonchev–Trinajstić information content (AvgIpc) is 2.18. The number of hydrogen-bond donors (Lipinski definition) is 1. The molecule has 15 heavy (non-hydrogen) atoms. The number of benzene rings is 2. The highest BCUT2D eigenvalue weighted by atomic mass is 35.5. The van der Waals surface area contributed by atoms with Crippen LogP contribution < -0.4 is 0 Å². The first kappa shape index (κ1) is 10.2. The van der Waals surface area contributed by atoms with Gasteiger partial charge in [-0.05, 0) is 35.6 Å². The molecule has 0 aliphatic carbocycles. The maximum absolute atomic E-state index is 13.5. The summed E-state index contributed by atoms with van der Waals surface area (Å²) in [4.78, 5) is 0. The molecule has 0 unspecified atom stereocenters. The van der Waals surface area contributed by atoms with E-state index in [1.165, 1.54) is 12.1 Å². The summed E-state index contributed by atoms with van der Waals surface area (Å²) in [7, 11) is 0. The van der Waals surface area contributed by atoms with Crippen LogP contribution >= 0.6 is 11.6 Å². The number of aromatic hydroxyl groups is 1. The molecule has 2 aromatic carbocycles. The zero-order valence-corrected chi connectivity index (χ0v) is 8.98. The first-order chi connectivity index (χ1) is 7.13. The van der Waals surface area contributed by atoms with E-state index in [4.69, 9.17) is 11.6 Å². The first-order valence-corrected chi connectivity index (χ1v) is 5.11. The van der Waals surface area contributed by atoms with Gasteiger partial charge in [-0.2, -0.15) is 0 Å². The molecule has 0 heterocycles. The van der Waals surface area contributed by atoms with Crippen molar-refractivity contribution < 1.29 is 9.50 Å². The van der Waals surface area contributed by atoms with Crippen LogP contribution in [0.5, 0.6) is 5.75 Å². The van der Waals surface area contributed by atoms with Crippen molar-refractivity contribution in [1.82, 2.24) is 0 Å². The zero-order chi connectivity index (χ0) is 11.0. The fraction of sp³-hybridized carbons (Fsp3) is 0.167. The fourth-order valence-electron chi connectivity index (χ4n) is 1.80. The quantitative estimate of drug-likeness (QED) is 0.779. The molecule has 0 saturated carbocycles. The molecule has 0 radical (unpaired) electrons. The van der Waals surface area contributed by atoms with Crippen molar-refractivity contribution in [2.24, 2.45) is 0 Å². The largest absolute Gasteiger partial charge is 0.507 e. The van der Waals surface area contributed by atoms with E-state index in [1.807, 2.05) is 6.92 Å². The number of hydrogen-bond acceptors (Lipinski definition) is 1. The zero-order valence-electron chi connectivity index (χ0n) is 8.22. The Kier molecular flexibility index (Phi) is 2.53. The van der Waals surface area contributed by atoms with Gasteiger partial charge in [-0.3, -0.25) is 0 Å². The lowest BCUT2D eigenvalue weighted by atomic mass is 10.0. The number of phenols is 1. The SMILES string of the molecule is CCc1c(F)ccc2cc(Cl)cc(O)c12. The highest BCUT2D eigenvalue weighted by Crippen LogP contribution is 2.33. The third-order valence-corrected chi connectivity index (χ3v) is 2.68. The van der Waals surface area contributed by atoms with Crippen LogP contribution in [0.3, 0.4) is 0 Å². The summed E-state index contributed by atoms with van der Waals surface area (Å²) < 4.78 is 13.5. The molecule has 3 heteroatoms.